The Hall–Kier alpha value is -3.62. The molecule has 2 fully saturated rings. The lowest BCUT2D eigenvalue weighted by molar-refractivity contribution is -0.197. The highest BCUT2D eigenvalue weighted by molar-refractivity contribution is 9.12. The highest BCUT2D eigenvalue weighted by Crippen LogP contribution is 2.14. The molecule has 2 aliphatic heterocycles. The fourth-order valence-corrected chi connectivity index (χ4v) is 3.15. The molecule has 2 heterocycles. The van der Waals surface area contributed by atoms with Crippen LogP contribution in [0.15, 0.2) is 10.6 Å². The van der Waals surface area contributed by atoms with E-state index in [0.29, 0.717) is 10.1 Å². The molecule has 190 valence electrons. The summed E-state index contributed by atoms with van der Waals surface area (Å²) >= 11 is 2.96. The third kappa shape index (κ3) is 8.92. The Morgan fingerprint density at radius 2 is 1.14 bits per heavy atom. The first kappa shape index (κ1) is 27.6. The summed E-state index contributed by atoms with van der Waals surface area (Å²) in [6, 6.07) is 0. The van der Waals surface area contributed by atoms with Crippen LogP contribution >= 0.6 is 15.9 Å². The fourth-order valence-electron chi connectivity index (χ4n) is 2.81. The molecule has 0 aromatic rings. The topological polar surface area (TPSA) is 186 Å². The number of rotatable bonds is 12. The molecule has 6 amide bonds. The van der Waals surface area contributed by atoms with Gasteiger partial charge in [-0.2, -0.15) is 0 Å². The van der Waals surface area contributed by atoms with Crippen LogP contribution in [0.1, 0.15) is 51.4 Å². The Morgan fingerprint density at radius 3 is 1.57 bits per heavy atom. The van der Waals surface area contributed by atoms with Crippen molar-refractivity contribution in [3.05, 3.63) is 10.6 Å². The van der Waals surface area contributed by atoms with E-state index in [1.165, 1.54) is 0 Å². The van der Waals surface area contributed by atoms with Crippen molar-refractivity contribution in [3.8, 4) is 0 Å². The summed E-state index contributed by atoms with van der Waals surface area (Å²) < 4.78 is -0.0868. The average molecular weight is 559 g/mol. The molecule has 0 saturated carbocycles. The van der Waals surface area contributed by atoms with E-state index in [4.69, 9.17) is 9.68 Å². The van der Waals surface area contributed by atoms with Crippen molar-refractivity contribution in [2.24, 2.45) is 0 Å². The highest BCUT2D eigenvalue weighted by atomic mass is 79.9. The number of nitrogens with zero attached hydrogens (tertiary/aromatic N) is 2. The third-order valence-corrected chi connectivity index (χ3v) is 5.16. The van der Waals surface area contributed by atoms with E-state index in [1.54, 1.807) is 0 Å². The summed E-state index contributed by atoms with van der Waals surface area (Å²) in [4.78, 5) is 102. The molecular weight excluding hydrogens is 536 g/mol. The van der Waals surface area contributed by atoms with Crippen molar-refractivity contribution < 1.29 is 48.0 Å². The summed E-state index contributed by atoms with van der Waals surface area (Å²) in [5, 5.41) is 5.81. The lowest BCUT2D eigenvalue weighted by atomic mass is 10.3. The zero-order chi connectivity index (χ0) is 26.0. The van der Waals surface area contributed by atoms with Gasteiger partial charge in [0.2, 0.25) is 5.91 Å². The highest BCUT2D eigenvalue weighted by Gasteiger charge is 2.33. The standard InChI is InChI=1S/C20H23BrN4O10/c21-12(20(33)23-10-2-4-19(32)35-25-16(29)7-8-17(25)30)11-13(26)22-9-1-3-18(31)34-24-14(27)5-6-15(24)28/h11H,1-10H2,(H,22,26)(H,23,33)/b12-11-. The molecule has 0 aromatic heterocycles. The Morgan fingerprint density at radius 1 is 0.743 bits per heavy atom. The molecule has 0 radical (unpaired) electrons. The lowest BCUT2D eigenvalue weighted by Gasteiger charge is -2.12. The average Bonchev–Trinajstić information content (AvgIpc) is 3.29. The first-order valence-electron chi connectivity index (χ1n) is 10.6. The smallest absolute Gasteiger partial charge is 0.333 e. The van der Waals surface area contributed by atoms with Crippen LogP contribution in [0, 0.1) is 0 Å². The van der Waals surface area contributed by atoms with Crippen molar-refractivity contribution in [1.29, 1.82) is 0 Å². The second-order valence-corrected chi connectivity index (χ2v) is 8.19. The molecule has 0 atom stereocenters. The number of halogens is 1. The van der Waals surface area contributed by atoms with Gasteiger partial charge in [0, 0.05) is 57.7 Å². The molecule has 2 aliphatic rings. The number of nitrogens with one attached hydrogen (secondary N) is 2. The van der Waals surface area contributed by atoms with Gasteiger partial charge in [0.15, 0.2) is 0 Å². The number of carbonyl (C=O) groups is 8. The molecule has 35 heavy (non-hydrogen) atoms. The van der Waals surface area contributed by atoms with Gasteiger partial charge in [-0.25, -0.2) is 9.59 Å². The van der Waals surface area contributed by atoms with Crippen LogP contribution < -0.4 is 10.6 Å². The first-order chi connectivity index (χ1) is 16.6. The minimum atomic E-state index is -0.792. The van der Waals surface area contributed by atoms with E-state index in [2.05, 4.69) is 26.6 Å². The van der Waals surface area contributed by atoms with E-state index in [-0.39, 0.29) is 68.9 Å². The Bertz CT molecular complexity index is 932. The molecule has 14 nitrogen and oxygen atoms in total. The normalized spacial score (nSPS) is 16.0. The van der Waals surface area contributed by atoms with E-state index in [1.807, 2.05) is 0 Å². The number of amides is 6. The molecule has 0 aliphatic carbocycles. The number of hydroxylamine groups is 4. The quantitative estimate of drug-likeness (QED) is 0.176. The van der Waals surface area contributed by atoms with E-state index in [9.17, 15) is 38.4 Å². The van der Waals surface area contributed by atoms with Crippen molar-refractivity contribution in [3.63, 3.8) is 0 Å². The summed E-state index contributed by atoms with van der Waals surface area (Å²) in [5.41, 5.74) is 0. The summed E-state index contributed by atoms with van der Waals surface area (Å²) in [7, 11) is 0. The molecule has 15 heteroatoms. The molecule has 2 N–H and O–H groups in total. The third-order valence-electron chi connectivity index (χ3n) is 4.57. The zero-order valence-corrected chi connectivity index (χ0v) is 20.1. The minimum Gasteiger partial charge on any atom is -0.353 e. The second kappa shape index (κ2) is 13.3. The largest absolute Gasteiger partial charge is 0.353 e. The summed E-state index contributed by atoms with van der Waals surface area (Å²) in [5.74, 6) is -5.16. The Kier molecular flexibility index (Phi) is 10.5. The summed E-state index contributed by atoms with van der Waals surface area (Å²) in [6.07, 6.45) is 0.985. The summed E-state index contributed by atoms with van der Waals surface area (Å²) in [6.45, 7) is 0.128. The number of hydrogen-bond donors (Lipinski definition) is 2. The molecule has 0 spiro atoms. The van der Waals surface area contributed by atoms with Gasteiger partial charge in [-0.05, 0) is 28.8 Å². The predicted octanol–water partition coefficient (Wildman–Crippen LogP) is -0.728. The van der Waals surface area contributed by atoms with Crippen LogP contribution in [0.3, 0.4) is 0 Å². The molecular formula is C20H23BrN4O10. The van der Waals surface area contributed by atoms with Gasteiger partial charge < -0.3 is 20.3 Å². The van der Waals surface area contributed by atoms with E-state index in [0.717, 1.165) is 6.08 Å². The van der Waals surface area contributed by atoms with E-state index >= 15 is 0 Å². The van der Waals surface area contributed by atoms with E-state index < -0.39 is 47.4 Å². The molecule has 0 aromatic carbocycles. The van der Waals surface area contributed by atoms with Gasteiger partial charge in [-0.3, -0.25) is 28.8 Å². The minimum absolute atomic E-state index is 0.00737. The molecule has 0 unspecified atom stereocenters. The van der Waals surface area contributed by atoms with Crippen molar-refractivity contribution >= 4 is 63.3 Å². The number of carbonyl (C=O) groups excluding carboxylic acids is 8. The maximum absolute atomic E-state index is 12.0. The van der Waals surface area contributed by atoms with Crippen molar-refractivity contribution in [1.82, 2.24) is 20.8 Å². The van der Waals surface area contributed by atoms with Crippen molar-refractivity contribution in [2.75, 3.05) is 13.1 Å². The molecule has 2 saturated heterocycles. The van der Waals surface area contributed by atoms with Crippen LogP contribution in [-0.2, 0) is 48.0 Å². The van der Waals surface area contributed by atoms with Crippen LogP contribution in [-0.4, -0.2) is 70.6 Å². The van der Waals surface area contributed by atoms with Crippen LogP contribution in [0.25, 0.3) is 0 Å². The van der Waals surface area contributed by atoms with Gasteiger partial charge in [-0.1, -0.05) is 0 Å². The molecule has 2 rings (SSSR count). The first-order valence-corrected chi connectivity index (χ1v) is 11.4. The van der Waals surface area contributed by atoms with Gasteiger partial charge in [0.25, 0.3) is 29.5 Å². The SMILES string of the molecule is O=C(/C=C(\Br)C(=O)NCCCC(=O)ON1C(=O)CCC1=O)NCCCC(=O)ON1C(=O)CCC1=O. The van der Waals surface area contributed by atoms with Gasteiger partial charge >= 0.3 is 11.9 Å². The van der Waals surface area contributed by atoms with Gasteiger partial charge in [0.1, 0.15) is 0 Å². The van der Waals surface area contributed by atoms with Crippen LogP contribution in [0.2, 0.25) is 0 Å². The van der Waals surface area contributed by atoms with Crippen LogP contribution in [0.4, 0.5) is 0 Å². The monoisotopic (exact) mass is 558 g/mol. The maximum Gasteiger partial charge on any atom is 0.333 e. The Balaban J connectivity index is 1.58. The Labute approximate surface area is 207 Å². The zero-order valence-electron chi connectivity index (χ0n) is 18.5. The van der Waals surface area contributed by atoms with Gasteiger partial charge in [0.05, 0.1) is 4.48 Å². The number of hydrogen-bond acceptors (Lipinski definition) is 10. The molecule has 0 bridgehead atoms. The maximum atomic E-state index is 12.0. The van der Waals surface area contributed by atoms with Crippen molar-refractivity contribution in [2.45, 2.75) is 51.4 Å². The van der Waals surface area contributed by atoms with Crippen LogP contribution in [0.5, 0.6) is 0 Å². The van der Waals surface area contributed by atoms with Gasteiger partial charge in [-0.15, -0.1) is 10.1 Å². The second-order valence-electron chi connectivity index (χ2n) is 7.34. The fraction of sp³-hybridized carbons (Fsp3) is 0.500. The lowest BCUT2D eigenvalue weighted by Crippen LogP contribution is -2.32. The predicted molar refractivity (Wildman–Crippen MR) is 116 cm³/mol. The number of imide groups is 2.